The Balaban J connectivity index is 0.000000386. The number of alkyl carbamates (subject to hydrolysis) is 1. The van der Waals surface area contributed by atoms with Gasteiger partial charge in [-0.3, -0.25) is 9.59 Å². The van der Waals surface area contributed by atoms with E-state index in [4.69, 9.17) is 21.0 Å². The van der Waals surface area contributed by atoms with E-state index in [1.807, 2.05) is 20.8 Å². The minimum Gasteiger partial charge on any atom is -0.462 e. The highest BCUT2D eigenvalue weighted by Crippen LogP contribution is 2.42. The highest BCUT2D eigenvalue weighted by Gasteiger charge is 2.41. The number of halogens is 6. The van der Waals surface area contributed by atoms with Gasteiger partial charge < -0.3 is 19.9 Å². The van der Waals surface area contributed by atoms with Crippen LogP contribution in [0.4, 0.5) is 4.79 Å². The SMILES string of the molecule is C#CCCC[C@@H]1C[C@H]1OC(=O)N[C@H](C(C)=O)C(C)(C)C.CC(=O)O[C@@H]1C[C@H]1CCCC(Br)CBr.C[C@@H]1C[C@H]1CCCC(Br)CBr.O[C@@H]1C[C@H]1CCCC(Br)CBr. The molecular weight excluding hydrogens is 1110 g/mol. The first-order valence-electron chi connectivity index (χ1n) is 20.7. The van der Waals surface area contributed by atoms with E-state index in [-0.39, 0.29) is 35.5 Å². The Bertz CT molecular complexity index is 1130. The molecule has 3 unspecified atom stereocenters. The number of Topliss-reactive ketones (excluding diaryl/α,β-unsaturated/α-hetero) is 1. The first-order chi connectivity index (χ1) is 26.4. The van der Waals surface area contributed by atoms with Gasteiger partial charge in [-0.2, -0.15) is 0 Å². The van der Waals surface area contributed by atoms with Crippen LogP contribution in [0.1, 0.15) is 144 Å². The molecule has 12 atom stereocenters. The molecule has 326 valence electrons. The molecule has 4 aliphatic rings. The summed E-state index contributed by atoms with van der Waals surface area (Å²) in [5, 5.41) is 14.8. The molecule has 56 heavy (non-hydrogen) atoms. The molecule has 1 amide bonds. The Kier molecular flexibility index (Phi) is 29.3. The minimum atomic E-state index is -0.520. The molecule has 0 heterocycles. The van der Waals surface area contributed by atoms with Gasteiger partial charge in [0.25, 0.3) is 0 Å². The van der Waals surface area contributed by atoms with Gasteiger partial charge in [-0.15, -0.1) is 12.3 Å². The average Bonchev–Trinajstić information content (AvgIpc) is 4.01. The highest BCUT2D eigenvalue weighted by molar-refractivity contribution is 9.12. The molecule has 0 saturated heterocycles. The van der Waals surface area contributed by atoms with Gasteiger partial charge in [0, 0.05) is 43.8 Å². The van der Waals surface area contributed by atoms with Gasteiger partial charge in [-0.25, -0.2) is 4.79 Å². The Morgan fingerprint density at radius 1 is 0.732 bits per heavy atom. The zero-order chi connectivity index (χ0) is 42.4. The van der Waals surface area contributed by atoms with E-state index in [0.29, 0.717) is 32.2 Å². The minimum absolute atomic E-state index is 0.0136. The van der Waals surface area contributed by atoms with Crippen molar-refractivity contribution < 1.29 is 29.0 Å². The fourth-order valence-corrected chi connectivity index (χ4v) is 8.55. The highest BCUT2D eigenvalue weighted by atomic mass is 79.9. The molecular formula is C43H71Br6NO6. The largest absolute Gasteiger partial charge is 0.462 e. The van der Waals surface area contributed by atoms with Gasteiger partial charge >= 0.3 is 12.1 Å². The summed E-state index contributed by atoms with van der Waals surface area (Å²) in [4.78, 5) is 35.9. The molecule has 4 rings (SSSR count). The van der Waals surface area contributed by atoms with Gasteiger partial charge in [0.2, 0.25) is 0 Å². The summed E-state index contributed by atoms with van der Waals surface area (Å²) < 4.78 is 10.4. The number of rotatable bonds is 22. The van der Waals surface area contributed by atoms with Gasteiger partial charge in [0.05, 0.1) is 12.1 Å². The Hall–Kier alpha value is 0.810. The summed E-state index contributed by atoms with van der Waals surface area (Å²) in [6.45, 7) is 11.1. The van der Waals surface area contributed by atoms with Crippen molar-refractivity contribution in [1.29, 1.82) is 0 Å². The van der Waals surface area contributed by atoms with E-state index in [2.05, 4.69) is 114 Å². The van der Waals surface area contributed by atoms with Crippen LogP contribution in [0.25, 0.3) is 0 Å². The number of esters is 1. The number of ketones is 1. The maximum absolute atomic E-state index is 11.8. The number of nitrogens with one attached hydrogen (secondary N) is 1. The van der Waals surface area contributed by atoms with E-state index in [1.54, 1.807) is 0 Å². The number of terminal acetylenes is 1. The third-order valence-electron chi connectivity index (χ3n) is 10.7. The van der Waals surface area contributed by atoms with Crippen molar-refractivity contribution in [2.75, 3.05) is 16.0 Å². The van der Waals surface area contributed by atoms with Crippen LogP contribution in [0.2, 0.25) is 0 Å². The molecule has 0 bridgehead atoms. The summed E-state index contributed by atoms with van der Waals surface area (Å²) in [7, 11) is 0. The molecule has 0 aromatic rings. The third-order valence-corrected chi connectivity index (χ3v) is 18.0. The fraction of sp³-hybridized carbons (Fsp3) is 0.884. The van der Waals surface area contributed by atoms with Crippen molar-refractivity contribution in [2.45, 2.75) is 183 Å². The number of hydrogen-bond acceptors (Lipinski definition) is 6. The Morgan fingerprint density at radius 3 is 1.50 bits per heavy atom. The van der Waals surface area contributed by atoms with Crippen LogP contribution in [0.15, 0.2) is 0 Å². The van der Waals surface area contributed by atoms with E-state index >= 15 is 0 Å². The zero-order valence-electron chi connectivity index (χ0n) is 34.7. The standard InChI is InChI=1S/C16H25NO3.C10H16Br2O2.C9H16Br2.C8H14Br2O/c1-6-7-8-9-12-10-13(12)20-15(19)17-14(11(2)18)16(3,4)5;1-7(13)14-10-5-8(10)3-2-4-9(12)6-11;1-7-5-8(7)3-2-4-9(11)6-10;9-5-7(10)3-1-2-6-4-8(6)11/h1,12-14H,7-10H2,2-5H3,(H,17,19);8-10H,2-6H2,1H3;7-9H,2-6H2,1H3;6-8,11H,1-5H2/t12-,13-,14-;8-,9?,10-;7-,8-,9?;6-,7?,8-/m1111/s1. The fourth-order valence-electron chi connectivity index (χ4n) is 6.61. The summed E-state index contributed by atoms with van der Waals surface area (Å²) in [5.74, 6) is 6.20. The third kappa shape index (κ3) is 27.6. The topological polar surface area (TPSA) is 102 Å². The Labute approximate surface area is 390 Å². The molecule has 0 spiro atoms. The number of amides is 1. The molecule has 0 aromatic carbocycles. The maximum atomic E-state index is 11.8. The smallest absolute Gasteiger partial charge is 0.408 e. The summed E-state index contributed by atoms with van der Waals surface area (Å²) in [5.41, 5.74) is -0.319. The maximum Gasteiger partial charge on any atom is 0.408 e. The number of carbonyl (C=O) groups is 3. The normalized spacial score (nSPS) is 27.4. The lowest BCUT2D eigenvalue weighted by Crippen LogP contribution is -2.48. The molecule has 2 N–H and O–H groups in total. The zero-order valence-corrected chi connectivity index (χ0v) is 44.2. The van der Waals surface area contributed by atoms with E-state index < -0.39 is 12.1 Å². The van der Waals surface area contributed by atoms with Crippen molar-refractivity contribution in [2.24, 2.45) is 35.0 Å². The molecule has 0 aromatic heterocycles. The molecule has 7 nitrogen and oxygen atoms in total. The molecule has 13 heteroatoms. The van der Waals surface area contributed by atoms with Crippen molar-refractivity contribution in [1.82, 2.24) is 5.32 Å². The van der Waals surface area contributed by atoms with Crippen LogP contribution >= 0.6 is 95.6 Å². The van der Waals surface area contributed by atoms with Crippen molar-refractivity contribution in [3.8, 4) is 12.3 Å². The van der Waals surface area contributed by atoms with Gasteiger partial charge in [-0.1, -0.05) is 149 Å². The van der Waals surface area contributed by atoms with Crippen LogP contribution in [0, 0.1) is 47.3 Å². The number of hydrogen-bond donors (Lipinski definition) is 2. The van der Waals surface area contributed by atoms with Crippen molar-refractivity contribution >= 4 is 113 Å². The number of aliphatic hydroxyl groups excluding tert-OH is 1. The molecule has 4 fully saturated rings. The second-order valence-electron chi connectivity index (χ2n) is 17.3. The molecule has 4 saturated carbocycles. The van der Waals surface area contributed by atoms with Crippen molar-refractivity contribution in [3.63, 3.8) is 0 Å². The van der Waals surface area contributed by atoms with Gasteiger partial charge in [0.15, 0.2) is 5.78 Å². The number of ether oxygens (including phenoxy) is 2. The predicted molar refractivity (Wildman–Crippen MR) is 254 cm³/mol. The quantitative estimate of drug-likeness (QED) is 0.0485. The predicted octanol–water partition coefficient (Wildman–Crippen LogP) is 12.8. The van der Waals surface area contributed by atoms with Crippen LogP contribution in [0.5, 0.6) is 0 Å². The van der Waals surface area contributed by atoms with E-state index in [1.165, 1.54) is 78.1 Å². The molecule has 0 radical (unpaired) electrons. The summed E-state index contributed by atoms with van der Waals surface area (Å²) in [6, 6.07) is -0.520. The summed E-state index contributed by atoms with van der Waals surface area (Å²) >= 11 is 21.0. The lowest BCUT2D eigenvalue weighted by Gasteiger charge is -2.28. The average molecular weight is 1180 g/mol. The van der Waals surface area contributed by atoms with Crippen LogP contribution in [0.3, 0.4) is 0 Å². The van der Waals surface area contributed by atoms with Gasteiger partial charge in [-0.05, 0) is 113 Å². The van der Waals surface area contributed by atoms with Crippen LogP contribution < -0.4 is 5.32 Å². The second-order valence-corrected chi connectivity index (χ2v) is 23.1. The van der Waals surface area contributed by atoms with E-state index in [0.717, 1.165) is 66.4 Å². The summed E-state index contributed by atoms with van der Waals surface area (Å²) in [6.07, 6.45) is 23.6. The lowest BCUT2D eigenvalue weighted by atomic mass is 9.85. The van der Waals surface area contributed by atoms with Gasteiger partial charge in [0.1, 0.15) is 12.2 Å². The number of alkyl halides is 6. The monoisotopic (exact) mass is 1170 g/mol. The second kappa shape index (κ2) is 30.0. The number of carbonyl (C=O) groups excluding carboxylic acids is 3. The van der Waals surface area contributed by atoms with Crippen LogP contribution in [-0.4, -0.2) is 77.8 Å². The number of aliphatic hydroxyl groups is 1. The van der Waals surface area contributed by atoms with E-state index in [9.17, 15) is 14.4 Å². The Morgan fingerprint density at radius 2 is 1.14 bits per heavy atom. The number of unbranched alkanes of at least 4 members (excludes halogenated alkanes) is 1. The molecule has 4 aliphatic carbocycles. The first kappa shape index (κ1) is 54.8. The molecule has 0 aliphatic heterocycles. The first-order valence-corrected chi connectivity index (χ1v) is 26.8. The van der Waals surface area contributed by atoms with Crippen molar-refractivity contribution in [3.05, 3.63) is 0 Å². The van der Waals surface area contributed by atoms with Crippen LogP contribution in [-0.2, 0) is 19.1 Å². The lowest BCUT2D eigenvalue weighted by molar-refractivity contribution is -0.142.